The quantitative estimate of drug-likeness (QED) is 0.768. The zero-order chi connectivity index (χ0) is 15.1. The highest BCUT2D eigenvalue weighted by atomic mass is 16.3. The number of nitrogens with one attached hydrogen (secondary N) is 1. The minimum Gasteiger partial charge on any atom is -0.472 e. The van der Waals surface area contributed by atoms with Gasteiger partial charge in [0, 0.05) is 29.9 Å². The molecule has 2 aromatic rings. The van der Waals surface area contributed by atoms with Crippen LogP contribution in [0, 0.1) is 0 Å². The van der Waals surface area contributed by atoms with Gasteiger partial charge in [-0.15, -0.1) is 0 Å². The van der Waals surface area contributed by atoms with Crippen LogP contribution in [-0.2, 0) is 11.3 Å². The third-order valence-corrected chi connectivity index (χ3v) is 3.15. The largest absolute Gasteiger partial charge is 0.472 e. The predicted octanol–water partition coefficient (Wildman–Crippen LogP) is 2.71. The molecule has 0 bridgehead atoms. The molecule has 1 aromatic carbocycles. The van der Waals surface area contributed by atoms with Crippen LogP contribution in [0.3, 0.4) is 0 Å². The predicted molar refractivity (Wildman–Crippen MR) is 83.8 cm³/mol. The summed E-state index contributed by atoms with van der Waals surface area (Å²) in [6.07, 6.45) is 4.71. The van der Waals surface area contributed by atoms with Gasteiger partial charge in [0.05, 0.1) is 12.5 Å². The van der Waals surface area contributed by atoms with E-state index in [1.807, 2.05) is 25.2 Å². The summed E-state index contributed by atoms with van der Waals surface area (Å²) < 4.78 is 5.03. The van der Waals surface area contributed by atoms with Crippen LogP contribution >= 0.6 is 0 Å². The van der Waals surface area contributed by atoms with Crippen molar-refractivity contribution in [2.75, 3.05) is 24.6 Å². The number of nitrogens with zero attached hydrogens (tertiary/aromatic N) is 1. The topological polar surface area (TPSA) is 71.5 Å². The van der Waals surface area contributed by atoms with E-state index in [1.54, 1.807) is 24.7 Å². The molecule has 0 saturated carbocycles. The van der Waals surface area contributed by atoms with E-state index in [0.717, 1.165) is 30.8 Å². The van der Waals surface area contributed by atoms with Crippen molar-refractivity contribution in [3.05, 3.63) is 48.4 Å². The van der Waals surface area contributed by atoms with Crippen LogP contribution in [0.5, 0.6) is 0 Å². The average molecular weight is 287 g/mol. The lowest BCUT2D eigenvalue weighted by Gasteiger charge is -2.15. The summed E-state index contributed by atoms with van der Waals surface area (Å²) in [5.74, 6) is 0.0114. The van der Waals surface area contributed by atoms with Crippen LogP contribution in [0.15, 0.2) is 47.3 Å². The molecule has 0 aliphatic heterocycles. The summed E-state index contributed by atoms with van der Waals surface area (Å²) in [4.78, 5) is 14.0. The number of rotatable bonds is 7. The lowest BCUT2D eigenvalue weighted by molar-refractivity contribution is -0.116. The van der Waals surface area contributed by atoms with Gasteiger partial charge in [-0.25, -0.2) is 0 Å². The highest BCUT2D eigenvalue weighted by molar-refractivity contribution is 5.91. The average Bonchev–Trinajstić information content (AvgIpc) is 2.91. The van der Waals surface area contributed by atoms with Gasteiger partial charge in [-0.05, 0) is 44.3 Å². The Bertz CT molecular complexity index is 567. The second-order valence-corrected chi connectivity index (χ2v) is 5.15. The molecule has 5 heteroatoms. The molecule has 0 unspecified atom stereocenters. The number of nitrogens with two attached hydrogens (primary N) is 1. The molecule has 1 heterocycles. The normalized spacial score (nSPS) is 10.8. The smallest absolute Gasteiger partial charge is 0.224 e. The minimum absolute atomic E-state index is 0.0114. The van der Waals surface area contributed by atoms with E-state index < -0.39 is 0 Å². The Labute approximate surface area is 124 Å². The Kier molecular flexibility index (Phi) is 5.40. The number of furan rings is 1. The molecule has 2 rings (SSSR count). The second-order valence-electron chi connectivity index (χ2n) is 5.15. The third-order valence-electron chi connectivity index (χ3n) is 3.15. The molecule has 0 spiro atoms. The van der Waals surface area contributed by atoms with Crippen molar-refractivity contribution in [1.29, 1.82) is 0 Å². The van der Waals surface area contributed by atoms with E-state index >= 15 is 0 Å². The summed E-state index contributed by atoms with van der Waals surface area (Å²) >= 11 is 0. The van der Waals surface area contributed by atoms with Crippen molar-refractivity contribution < 1.29 is 9.21 Å². The van der Waals surface area contributed by atoms with E-state index in [2.05, 4.69) is 10.2 Å². The summed E-state index contributed by atoms with van der Waals surface area (Å²) in [6.45, 7) is 1.68. The van der Waals surface area contributed by atoms with Crippen LogP contribution < -0.4 is 11.1 Å². The highest BCUT2D eigenvalue weighted by Gasteiger charge is 2.05. The number of hydrogen-bond donors (Lipinski definition) is 2. The van der Waals surface area contributed by atoms with E-state index in [4.69, 9.17) is 10.2 Å². The molecule has 0 atom stereocenters. The molecular weight excluding hydrogens is 266 g/mol. The van der Waals surface area contributed by atoms with Crippen LogP contribution in [0.25, 0.3) is 0 Å². The minimum atomic E-state index is 0.0114. The number of hydrogen-bond acceptors (Lipinski definition) is 4. The summed E-state index contributed by atoms with van der Waals surface area (Å²) in [5.41, 5.74) is 8.20. The number of carbonyl (C=O) groups excluding carboxylic acids is 1. The molecule has 1 aromatic heterocycles. The first-order chi connectivity index (χ1) is 10.1. The Morgan fingerprint density at radius 3 is 2.95 bits per heavy atom. The molecule has 0 saturated heterocycles. The Balaban J connectivity index is 1.67. The van der Waals surface area contributed by atoms with Gasteiger partial charge in [0.15, 0.2) is 0 Å². The Morgan fingerprint density at radius 2 is 2.24 bits per heavy atom. The monoisotopic (exact) mass is 287 g/mol. The van der Waals surface area contributed by atoms with Gasteiger partial charge in [-0.3, -0.25) is 4.79 Å². The zero-order valence-electron chi connectivity index (χ0n) is 12.2. The summed E-state index contributed by atoms with van der Waals surface area (Å²) in [6, 6.07) is 9.15. The van der Waals surface area contributed by atoms with Crippen LogP contribution in [0.1, 0.15) is 18.4 Å². The zero-order valence-corrected chi connectivity index (χ0v) is 12.2. The molecule has 0 radical (unpaired) electrons. The number of amides is 1. The fourth-order valence-electron chi connectivity index (χ4n) is 2.12. The number of anilines is 2. The van der Waals surface area contributed by atoms with Gasteiger partial charge in [0.25, 0.3) is 0 Å². The third kappa shape index (κ3) is 5.31. The van der Waals surface area contributed by atoms with Crippen molar-refractivity contribution in [2.24, 2.45) is 0 Å². The molecule has 0 aliphatic rings. The van der Waals surface area contributed by atoms with E-state index in [-0.39, 0.29) is 5.91 Å². The fourth-order valence-corrected chi connectivity index (χ4v) is 2.12. The van der Waals surface area contributed by atoms with Crippen LogP contribution in [-0.4, -0.2) is 24.4 Å². The van der Waals surface area contributed by atoms with Crippen molar-refractivity contribution in [3.63, 3.8) is 0 Å². The number of nitrogen functional groups attached to an aromatic ring is 1. The maximum atomic E-state index is 11.8. The lowest BCUT2D eigenvalue weighted by Crippen LogP contribution is -2.20. The number of benzene rings is 1. The standard InChI is InChI=1S/C16H21N3O2/c1-19(11-13-7-9-21-12-13)8-3-6-16(20)18-15-5-2-4-14(17)10-15/h2,4-5,7,9-10,12H,3,6,8,11,17H2,1H3,(H,18,20). The van der Waals surface area contributed by atoms with Gasteiger partial charge in [-0.1, -0.05) is 6.07 Å². The van der Waals surface area contributed by atoms with Gasteiger partial charge in [-0.2, -0.15) is 0 Å². The number of carbonyl (C=O) groups is 1. The molecule has 5 nitrogen and oxygen atoms in total. The fraction of sp³-hybridized carbons (Fsp3) is 0.312. The van der Waals surface area contributed by atoms with Gasteiger partial charge < -0.3 is 20.4 Å². The Morgan fingerprint density at radius 1 is 1.38 bits per heavy atom. The molecular formula is C16H21N3O2. The molecule has 21 heavy (non-hydrogen) atoms. The first-order valence-corrected chi connectivity index (χ1v) is 6.98. The first kappa shape index (κ1) is 15.1. The van der Waals surface area contributed by atoms with Gasteiger partial charge >= 0.3 is 0 Å². The second kappa shape index (κ2) is 7.50. The molecule has 3 N–H and O–H groups in total. The summed E-state index contributed by atoms with van der Waals surface area (Å²) in [5, 5.41) is 2.85. The van der Waals surface area contributed by atoms with E-state index in [1.165, 1.54) is 0 Å². The maximum Gasteiger partial charge on any atom is 0.224 e. The SMILES string of the molecule is CN(CCCC(=O)Nc1cccc(N)c1)Cc1ccoc1. The first-order valence-electron chi connectivity index (χ1n) is 6.98. The van der Waals surface area contributed by atoms with E-state index in [0.29, 0.717) is 12.1 Å². The van der Waals surface area contributed by atoms with Crippen molar-refractivity contribution in [3.8, 4) is 0 Å². The van der Waals surface area contributed by atoms with Crippen LogP contribution in [0.4, 0.5) is 11.4 Å². The Hall–Kier alpha value is -2.27. The van der Waals surface area contributed by atoms with E-state index in [9.17, 15) is 4.79 Å². The van der Waals surface area contributed by atoms with Crippen LogP contribution in [0.2, 0.25) is 0 Å². The molecule has 0 aliphatic carbocycles. The summed E-state index contributed by atoms with van der Waals surface area (Å²) in [7, 11) is 2.03. The maximum absolute atomic E-state index is 11.8. The molecule has 1 amide bonds. The molecule has 0 fully saturated rings. The lowest BCUT2D eigenvalue weighted by atomic mass is 10.2. The van der Waals surface area contributed by atoms with Crippen molar-refractivity contribution >= 4 is 17.3 Å². The van der Waals surface area contributed by atoms with Gasteiger partial charge in [0.1, 0.15) is 0 Å². The van der Waals surface area contributed by atoms with Crippen molar-refractivity contribution in [1.82, 2.24) is 4.90 Å². The molecule has 112 valence electrons. The van der Waals surface area contributed by atoms with Crippen molar-refractivity contribution in [2.45, 2.75) is 19.4 Å². The van der Waals surface area contributed by atoms with Gasteiger partial charge in [0.2, 0.25) is 5.91 Å². The highest BCUT2D eigenvalue weighted by Crippen LogP contribution is 2.12.